The summed E-state index contributed by atoms with van der Waals surface area (Å²) in [6.07, 6.45) is 1.95. The zero-order chi connectivity index (χ0) is 14.9. The minimum atomic E-state index is 0.208. The van der Waals surface area contributed by atoms with Crippen LogP contribution in [0.1, 0.15) is 36.9 Å². The van der Waals surface area contributed by atoms with Crippen LogP contribution in [0.25, 0.3) is 0 Å². The Bertz CT molecular complexity index is 458. The number of benzene rings is 2. The second kappa shape index (κ2) is 8.60. The molecule has 0 heterocycles. The summed E-state index contributed by atoms with van der Waals surface area (Å²) in [5.74, 6) is 0.518. The Morgan fingerprint density at radius 2 is 1.43 bits per heavy atom. The molecule has 2 aromatic rings. The van der Waals surface area contributed by atoms with Crippen molar-refractivity contribution in [1.29, 1.82) is 0 Å². The van der Waals surface area contributed by atoms with Crippen molar-refractivity contribution >= 4 is 0 Å². The van der Waals surface area contributed by atoms with Crippen LogP contribution < -0.4 is 5.32 Å². The van der Waals surface area contributed by atoms with Crippen molar-refractivity contribution in [2.75, 3.05) is 13.2 Å². The Kier molecular flexibility index (Phi) is 6.45. The van der Waals surface area contributed by atoms with Gasteiger partial charge in [-0.2, -0.15) is 0 Å². The summed E-state index contributed by atoms with van der Waals surface area (Å²) < 4.78 is 0. The minimum Gasteiger partial charge on any atom is -0.396 e. The molecule has 0 aromatic heterocycles. The van der Waals surface area contributed by atoms with Crippen LogP contribution in [0.2, 0.25) is 0 Å². The standard InChI is InChI=1S/C19H25NO/c1-2-16(13-14-21)15-20-19(17-9-5-3-6-10-17)18-11-7-4-8-12-18/h3-12,16,19-21H,2,13-15H2,1H3. The summed E-state index contributed by atoms with van der Waals surface area (Å²) in [7, 11) is 0. The summed E-state index contributed by atoms with van der Waals surface area (Å²) in [6.45, 7) is 3.37. The van der Waals surface area contributed by atoms with Gasteiger partial charge in [0.25, 0.3) is 0 Å². The highest BCUT2D eigenvalue weighted by Crippen LogP contribution is 2.22. The third-order valence-electron chi connectivity index (χ3n) is 3.99. The van der Waals surface area contributed by atoms with E-state index in [0.29, 0.717) is 5.92 Å². The van der Waals surface area contributed by atoms with Gasteiger partial charge in [0, 0.05) is 6.61 Å². The predicted molar refractivity (Wildman–Crippen MR) is 88.2 cm³/mol. The highest BCUT2D eigenvalue weighted by atomic mass is 16.3. The van der Waals surface area contributed by atoms with Gasteiger partial charge < -0.3 is 10.4 Å². The third-order valence-corrected chi connectivity index (χ3v) is 3.99. The van der Waals surface area contributed by atoms with Crippen LogP contribution in [-0.4, -0.2) is 18.3 Å². The second-order valence-electron chi connectivity index (χ2n) is 5.45. The highest BCUT2D eigenvalue weighted by molar-refractivity contribution is 5.31. The van der Waals surface area contributed by atoms with E-state index < -0.39 is 0 Å². The number of aliphatic hydroxyl groups excluding tert-OH is 1. The lowest BCUT2D eigenvalue weighted by atomic mass is 9.96. The Morgan fingerprint density at radius 3 is 1.86 bits per heavy atom. The first-order valence-electron chi connectivity index (χ1n) is 7.79. The Balaban J connectivity index is 2.13. The lowest BCUT2D eigenvalue weighted by molar-refractivity contribution is 0.250. The zero-order valence-corrected chi connectivity index (χ0v) is 12.7. The Hall–Kier alpha value is -1.64. The lowest BCUT2D eigenvalue weighted by Crippen LogP contribution is -2.28. The first-order chi connectivity index (χ1) is 10.3. The van der Waals surface area contributed by atoms with Crippen molar-refractivity contribution in [3.8, 4) is 0 Å². The maximum atomic E-state index is 9.14. The molecule has 112 valence electrons. The maximum absolute atomic E-state index is 9.14. The number of aliphatic hydroxyl groups is 1. The molecule has 0 spiro atoms. The minimum absolute atomic E-state index is 0.208. The first-order valence-corrected chi connectivity index (χ1v) is 7.79. The molecule has 21 heavy (non-hydrogen) atoms. The number of rotatable bonds is 8. The van der Waals surface area contributed by atoms with Crippen molar-refractivity contribution in [3.63, 3.8) is 0 Å². The Morgan fingerprint density at radius 1 is 0.905 bits per heavy atom. The van der Waals surface area contributed by atoms with Crippen LogP contribution in [0.15, 0.2) is 60.7 Å². The Labute approximate surface area is 127 Å². The van der Waals surface area contributed by atoms with E-state index in [1.54, 1.807) is 0 Å². The fraction of sp³-hybridized carbons (Fsp3) is 0.368. The molecular weight excluding hydrogens is 258 g/mol. The van der Waals surface area contributed by atoms with E-state index in [1.165, 1.54) is 11.1 Å². The molecule has 2 nitrogen and oxygen atoms in total. The SMILES string of the molecule is CCC(CCO)CNC(c1ccccc1)c1ccccc1. The van der Waals surface area contributed by atoms with E-state index in [-0.39, 0.29) is 12.6 Å². The molecule has 2 aromatic carbocycles. The van der Waals surface area contributed by atoms with Gasteiger partial charge in [0.2, 0.25) is 0 Å². The third kappa shape index (κ3) is 4.69. The molecule has 1 unspecified atom stereocenters. The topological polar surface area (TPSA) is 32.3 Å². The fourth-order valence-corrected chi connectivity index (χ4v) is 2.64. The van der Waals surface area contributed by atoms with Crippen LogP contribution in [0.5, 0.6) is 0 Å². The van der Waals surface area contributed by atoms with Gasteiger partial charge in [0.1, 0.15) is 0 Å². The average molecular weight is 283 g/mol. The molecule has 0 amide bonds. The van der Waals surface area contributed by atoms with Gasteiger partial charge in [-0.3, -0.25) is 0 Å². The second-order valence-corrected chi connectivity index (χ2v) is 5.45. The van der Waals surface area contributed by atoms with Crippen molar-refractivity contribution in [2.45, 2.75) is 25.8 Å². The van der Waals surface area contributed by atoms with Crippen LogP contribution in [0, 0.1) is 5.92 Å². The van der Waals surface area contributed by atoms with Gasteiger partial charge in [0.15, 0.2) is 0 Å². The molecule has 1 atom stereocenters. The summed E-state index contributed by atoms with van der Waals surface area (Å²) >= 11 is 0. The molecule has 2 rings (SSSR count). The summed E-state index contributed by atoms with van der Waals surface area (Å²) in [6, 6.07) is 21.3. The van der Waals surface area contributed by atoms with Gasteiger partial charge >= 0.3 is 0 Å². The predicted octanol–water partition coefficient (Wildman–Crippen LogP) is 3.77. The molecule has 0 radical (unpaired) electrons. The fourth-order valence-electron chi connectivity index (χ4n) is 2.64. The van der Waals surface area contributed by atoms with Crippen molar-refractivity contribution in [1.82, 2.24) is 5.32 Å². The summed E-state index contributed by atoms with van der Waals surface area (Å²) in [5.41, 5.74) is 2.56. The maximum Gasteiger partial charge on any atom is 0.0576 e. The molecule has 0 bridgehead atoms. The molecule has 0 aliphatic heterocycles. The smallest absolute Gasteiger partial charge is 0.0576 e. The van der Waals surface area contributed by atoms with Crippen LogP contribution in [0.3, 0.4) is 0 Å². The quantitative estimate of drug-likeness (QED) is 0.773. The number of hydrogen-bond donors (Lipinski definition) is 2. The normalized spacial score (nSPS) is 12.5. The molecule has 0 aliphatic carbocycles. The summed E-state index contributed by atoms with van der Waals surface area (Å²) in [5, 5.41) is 12.8. The van der Waals surface area contributed by atoms with Crippen molar-refractivity contribution in [2.24, 2.45) is 5.92 Å². The number of hydrogen-bond acceptors (Lipinski definition) is 2. The van der Waals surface area contributed by atoms with E-state index in [0.717, 1.165) is 19.4 Å². The van der Waals surface area contributed by atoms with Crippen LogP contribution >= 0.6 is 0 Å². The van der Waals surface area contributed by atoms with Crippen molar-refractivity contribution < 1.29 is 5.11 Å². The van der Waals surface area contributed by atoms with Gasteiger partial charge in [0.05, 0.1) is 6.04 Å². The molecule has 2 N–H and O–H groups in total. The highest BCUT2D eigenvalue weighted by Gasteiger charge is 2.15. The number of nitrogens with one attached hydrogen (secondary N) is 1. The molecular formula is C19H25NO. The van der Waals surface area contributed by atoms with E-state index in [1.807, 2.05) is 12.1 Å². The van der Waals surface area contributed by atoms with Crippen LogP contribution in [-0.2, 0) is 0 Å². The van der Waals surface area contributed by atoms with Gasteiger partial charge in [-0.15, -0.1) is 0 Å². The molecule has 0 fully saturated rings. The molecule has 0 saturated carbocycles. The summed E-state index contributed by atoms with van der Waals surface area (Å²) in [4.78, 5) is 0. The van der Waals surface area contributed by atoms with Crippen LogP contribution in [0.4, 0.5) is 0 Å². The lowest BCUT2D eigenvalue weighted by Gasteiger charge is -2.23. The van der Waals surface area contributed by atoms with Gasteiger partial charge in [-0.25, -0.2) is 0 Å². The molecule has 0 aliphatic rings. The first kappa shape index (κ1) is 15.7. The zero-order valence-electron chi connectivity index (χ0n) is 12.7. The monoisotopic (exact) mass is 283 g/mol. The van der Waals surface area contributed by atoms with Gasteiger partial charge in [-0.05, 0) is 30.0 Å². The molecule has 0 saturated heterocycles. The largest absolute Gasteiger partial charge is 0.396 e. The van der Waals surface area contributed by atoms with E-state index in [2.05, 4.69) is 60.8 Å². The van der Waals surface area contributed by atoms with E-state index in [4.69, 9.17) is 5.11 Å². The average Bonchev–Trinajstić information content (AvgIpc) is 2.56. The molecule has 2 heteroatoms. The van der Waals surface area contributed by atoms with E-state index in [9.17, 15) is 0 Å². The van der Waals surface area contributed by atoms with Crippen molar-refractivity contribution in [3.05, 3.63) is 71.8 Å². The van der Waals surface area contributed by atoms with E-state index >= 15 is 0 Å². The van der Waals surface area contributed by atoms with Gasteiger partial charge in [-0.1, -0.05) is 74.0 Å².